The lowest BCUT2D eigenvalue weighted by molar-refractivity contribution is 1.18. The molecule has 9 aromatic carbocycles. The Morgan fingerprint density at radius 1 is 0.351 bits per heavy atom. The number of hydrogen-bond donors (Lipinski definition) is 0. The number of nitrogens with zero attached hydrogens (tertiary/aromatic N) is 2. The third-order valence-corrected chi connectivity index (χ3v) is 12.4. The lowest BCUT2D eigenvalue weighted by Gasteiger charge is -2.29. The summed E-state index contributed by atoms with van der Waals surface area (Å²) in [4.78, 5) is 2.46. The molecule has 2 aromatic heterocycles. The van der Waals surface area contributed by atoms with Gasteiger partial charge in [0.2, 0.25) is 0 Å². The van der Waals surface area contributed by atoms with Gasteiger partial charge in [-0.25, -0.2) is 0 Å². The molecule has 11 aromatic rings. The van der Waals surface area contributed by atoms with Crippen molar-refractivity contribution < 1.29 is 0 Å². The molecule has 0 atom stereocenters. The van der Waals surface area contributed by atoms with Crippen LogP contribution in [0.1, 0.15) is 0 Å². The summed E-state index contributed by atoms with van der Waals surface area (Å²) < 4.78 is 5.04. The first-order valence-electron chi connectivity index (χ1n) is 19.4. The summed E-state index contributed by atoms with van der Waals surface area (Å²) in [6, 6.07) is 79.2. The normalized spacial score (nSPS) is 11.5. The van der Waals surface area contributed by atoms with E-state index in [4.69, 9.17) is 0 Å². The van der Waals surface area contributed by atoms with Crippen molar-refractivity contribution in [3.8, 4) is 39.1 Å². The summed E-state index contributed by atoms with van der Waals surface area (Å²) in [5.41, 5.74) is 14.2. The zero-order chi connectivity index (χ0) is 37.7. The molecule has 0 aliphatic heterocycles. The molecule has 0 N–H and O–H groups in total. The van der Waals surface area contributed by atoms with Crippen LogP contribution in [0.15, 0.2) is 218 Å². The van der Waals surface area contributed by atoms with Gasteiger partial charge in [0.15, 0.2) is 0 Å². The van der Waals surface area contributed by atoms with Gasteiger partial charge < -0.3 is 9.47 Å². The molecular formula is C54H36N2S. The van der Waals surface area contributed by atoms with Crippen LogP contribution >= 0.6 is 11.3 Å². The molecule has 0 unspecified atom stereocenters. The number of anilines is 3. The SMILES string of the molecule is c1ccc(-c2ccccc2-c2ccc(-n3c4ccccc4c4c(N(c5ccccc5)c5ccccc5-c5cccc6c5sc5ccccc56)cccc43)cc2)cc1. The standard InChI is InChI=1S/C54H36N2S/c1-3-17-37(18-4-1)41-21-7-8-22-42(41)38-33-35-40(36-34-38)56-49-29-13-10-25-47(49)53-50(30-16-31-51(53)56)55(39-19-5-2-6-20-39)48-28-12-9-23-43(48)45-26-15-27-46-44-24-11-14-32-52(44)57-54(45)46/h1-36H. The Bertz CT molecular complexity index is 3230. The van der Waals surface area contributed by atoms with Crippen molar-refractivity contribution in [2.24, 2.45) is 0 Å². The van der Waals surface area contributed by atoms with Crippen LogP contribution in [0.2, 0.25) is 0 Å². The van der Waals surface area contributed by atoms with Gasteiger partial charge in [-0.15, -0.1) is 11.3 Å². The highest BCUT2D eigenvalue weighted by molar-refractivity contribution is 7.26. The molecule has 2 nitrogen and oxygen atoms in total. The molecule has 268 valence electrons. The second-order valence-electron chi connectivity index (χ2n) is 14.5. The van der Waals surface area contributed by atoms with Crippen LogP contribution in [0.25, 0.3) is 81.0 Å². The zero-order valence-corrected chi connectivity index (χ0v) is 31.9. The quantitative estimate of drug-likeness (QED) is 0.158. The lowest BCUT2D eigenvalue weighted by atomic mass is 9.94. The number of fused-ring (bicyclic) bond motifs is 6. The van der Waals surface area contributed by atoms with E-state index in [1.807, 2.05) is 11.3 Å². The second kappa shape index (κ2) is 13.8. The predicted octanol–water partition coefficient (Wildman–Crippen LogP) is 15.6. The van der Waals surface area contributed by atoms with Crippen molar-refractivity contribution in [1.82, 2.24) is 4.57 Å². The van der Waals surface area contributed by atoms with E-state index in [1.54, 1.807) is 0 Å². The molecule has 3 heteroatoms. The molecular weight excluding hydrogens is 709 g/mol. The molecule has 0 radical (unpaired) electrons. The summed E-state index contributed by atoms with van der Waals surface area (Å²) >= 11 is 1.88. The first-order valence-corrected chi connectivity index (χ1v) is 20.3. The van der Waals surface area contributed by atoms with Crippen molar-refractivity contribution in [1.29, 1.82) is 0 Å². The van der Waals surface area contributed by atoms with Crippen molar-refractivity contribution >= 4 is 70.4 Å². The molecule has 0 saturated heterocycles. The Morgan fingerprint density at radius 3 is 1.68 bits per heavy atom. The van der Waals surface area contributed by atoms with Gasteiger partial charge in [-0.3, -0.25) is 0 Å². The minimum atomic E-state index is 1.11. The summed E-state index contributed by atoms with van der Waals surface area (Å²) in [5.74, 6) is 0. The number of aromatic nitrogens is 1. The maximum atomic E-state index is 2.46. The minimum Gasteiger partial charge on any atom is -0.309 e. The molecule has 0 amide bonds. The van der Waals surface area contributed by atoms with Crippen molar-refractivity contribution in [2.75, 3.05) is 4.90 Å². The van der Waals surface area contributed by atoms with E-state index in [0.717, 1.165) is 28.3 Å². The zero-order valence-electron chi connectivity index (χ0n) is 31.1. The molecule has 0 bridgehead atoms. The van der Waals surface area contributed by atoms with Crippen molar-refractivity contribution in [2.45, 2.75) is 0 Å². The highest BCUT2D eigenvalue weighted by Crippen LogP contribution is 2.48. The molecule has 0 aliphatic carbocycles. The summed E-state index contributed by atoms with van der Waals surface area (Å²) in [6.07, 6.45) is 0. The third-order valence-electron chi connectivity index (χ3n) is 11.2. The molecule has 0 spiro atoms. The van der Waals surface area contributed by atoms with E-state index in [-0.39, 0.29) is 0 Å². The lowest BCUT2D eigenvalue weighted by Crippen LogP contribution is -2.11. The highest BCUT2D eigenvalue weighted by atomic mass is 32.1. The molecule has 0 aliphatic rings. The van der Waals surface area contributed by atoms with Gasteiger partial charge >= 0.3 is 0 Å². The topological polar surface area (TPSA) is 8.17 Å². The van der Waals surface area contributed by atoms with E-state index >= 15 is 0 Å². The number of benzene rings is 9. The average Bonchev–Trinajstić information content (AvgIpc) is 3.84. The first kappa shape index (κ1) is 33.2. The molecule has 2 heterocycles. The molecule has 11 rings (SSSR count). The van der Waals surface area contributed by atoms with Crippen LogP contribution in [-0.2, 0) is 0 Å². The van der Waals surface area contributed by atoms with Gasteiger partial charge in [0.25, 0.3) is 0 Å². The van der Waals surface area contributed by atoms with Gasteiger partial charge in [0.05, 0.1) is 22.4 Å². The molecule has 57 heavy (non-hydrogen) atoms. The van der Waals surface area contributed by atoms with Crippen LogP contribution in [-0.4, -0.2) is 4.57 Å². The Morgan fingerprint density at radius 2 is 0.895 bits per heavy atom. The van der Waals surface area contributed by atoms with E-state index in [0.29, 0.717) is 0 Å². The number of hydrogen-bond acceptors (Lipinski definition) is 2. The first-order chi connectivity index (χ1) is 28.3. The second-order valence-corrected chi connectivity index (χ2v) is 15.5. The minimum absolute atomic E-state index is 1.11. The van der Waals surface area contributed by atoms with E-state index in [9.17, 15) is 0 Å². The van der Waals surface area contributed by atoms with Crippen LogP contribution < -0.4 is 4.90 Å². The maximum absolute atomic E-state index is 2.46. The summed E-state index contributed by atoms with van der Waals surface area (Å²) in [6.45, 7) is 0. The predicted molar refractivity (Wildman–Crippen MR) is 245 cm³/mol. The Hall–Kier alpha value is -7.20. The fraction of sp³-hybridized carbons (Fsp3) is 0. The van der Waals surface area contributed by atoms with E-state index in [1.165, 1.54) is 69.8 Å². The van der Waals surface area contributed by atoms with Crippen LogP contribution in [0.3, 0.4) is 0 Å². The number of rotatable bonds is 7. The Labute approximate surface area is 335 Å². The van der Waals surface area contributed by atoms with E-state index < -0.39 is 0 Å². The third kappa shape index (κ3) is 5.55. The monoisotopic (exact) mass is 744 g/mol. The number of para-hydroxylation sites is 3. The largest absolute Gasteiger partial charge is 0.309 e. The van der Waals surface area contributed by atoms with Crippen LogP contribution in [0, 0.1) is 0 Å². The highest BCUT2D eigenvalue weighted by Gasteiger charge is 2.24. The molecule has 0 saturated carbocycles. The van der Waals surface area contributed by atoms with Gasteiger partial charge in [-0.2, -0.15) is 0 Å². The number of thiophene rings is 1. The van der Waals surface area contributed by atoms with Gasteiger partial charge in [-0.1, -0.05) is 164 Å². The van der Waals surface area contributed by atoms with Crippen molar-refractivity contribution in [3.05, 3.63) is 218 Å². The fourth-order valence-corrected chi connectivity index (χ4v) is 9.93. The van der Waals surface area contributed by atoms with Gasteiger partial charge in [0.1, 0.15) is 0 Å². The van der Waals surface area contributed by atoms with Crippen LogP contribution in [0.5, 0.6) is 0 Å². The smallest absolute Gasteiger partial charge is 0.0562 e. The van der Waals surface area contributed by atoms with E-state index in [2.05, 4.69) is 228 Å². The van der Waals surface area contributed by atoms with Crippen molar-refractivity contribution in [3.63, 3.8) is 0 Å². The summed E-state index contributed by atoms with van der Waals surface area (Å²) in [7, 11) is 0. The Balaban J connectivity index is 1.11. The van der Waals surface area contributed by atoms with Gasteiger partial charge in [0, 0.05) is 53.4 Å². The Kier molecular flexibility index (Phi) is 8.04. The van der Waals surface area contributed by atoms with Gasteiger partial charge in [-0.05, 0) is 76.9 Å². The fourth-order valence-electron chi connectivity index (χ4n) is 8.70. The molecule has 0 fully saturated rings. The summed E-state index contributed by atoms with van der Waals surface area (Å²) in [5, 5.41) is 5.04. The van der Waals surface area contributed by atoms with Crippen LogP contribution in [0.4, 0.5) is 17.1 Å². The maximum Gasteiger partial charge on any atom is 0.0562 e. The average molecular weight is 745 g/mol.